The first-order valence-electron chi connectivity index (χ1n) is 9.92. The fourth-order valence-corrected chi connectivity index (χ4v) is 5.28. The Balaban J connectivity index is 1.43. The Labute approximate surface area is 234 Å². The molecule has 0 spiro atoms. The number of carbonyl (C=O) groups excluding carboxylic acids is 2. The molecule has 1 saturated heterocycles. The maximum atomic E-state index is 12.9. The minimum Gasteiger partial charge on any atom is -0.488 e. The molecule has 4 rings (SSSR count). The number of benzene rings is 3. The SMILES string of the molecule is O=C(NN1C(=O)/C(=C\c2ccc(OCc3ccc(Cl)cc3Cl)c(Br)c2)SC1=S)c1ccc(Cl)cc1. The van der Waals surface area contributed by atoms with Crippen LogP contribution in [0.1, 0.15) is 21.5 Å². The molecule has 1 heterocycles. The van der Waals surface area contributed by atoms with Crippen LogP contribution in [0, 0.1) is 0 Å². The number of hydrogen-bond donors (Lipinski definition) is 1. The van der Waals surface area contributed by atoms with Crippen molar-refractivity contribution in [2.24, 2.45) is 0 Å². The van der Waals surface area contributed by atoms with Crippen molar-refractivity contribution in [2.45, 2.75) is 6.61 Å². The van der Waals surface area contributed by atoms with Crippen molar-refractivity contribution in [3.05, 3.63) is 102 Å². The number of hydrogen-bond acceptors (Lipinski definition) is 5. The normalized spacial score (nSPS) is 14.5. The van der Waals surface area contributed by atoms with Gasteiger partial charge in [0.1, 0.15) is 12.4 Å². The van der Waals surface area contributed by atoms with Crippen LogP contribution in [0.25, 0.3) is 6.08 Å². The second-order valence-electron chi connectivity index (χ2n) is 7.18. The Morgan fingerprint density at radius 3 is 2.46 bits per heavy atom. The standard InChI is InChI=1S/C24H14BrCl3N2O3S2/c25-18-9-13(1-8-20(18)33-12-15-4-7-17(27)11-19(15)28)10-21-23(32)30(24(34)35-21)29-22(31)14-2-5-16(26)6-3-14/h1-11H,12H2,(H,29,31)/b21-10+. The molecule has 0 radical (unpaired) electrons. The van der Waals surface area contributed by atoms with Crippen molar-refractivity contribution < 1.29 is 14.3 Å². The Morgan fingerprint density at radius 2 is 1.77 bits per heavy atom. The van der Waals surface area contributed by atoms with Gasteiger partial charge in [0.15, 0.2) is 4.32 Å². The van der Waals surface area contributed by atoms with Crippen molar-refractivity contribution in [1.29, 1.82) is 0 Å². The van der Waals surface area contributed by atoms with Crippen LogP contribution in [0.4, 0.5) is 0 Å². The number of nitrogens with zero attached hydrogens (tertiary/aromatic N) is 1. The molecular formula is C24H14BrCl3N2O3S2. The summed E-state index contributed by atoms with van der Waals surface area (Å²) in [6.07, 6.45) is 1.69. The summed E-state index contributed by atoms with van der Waals surface area (Å²) in [5.74, 6) is -0.281. The minimum atomic E-state index is -0.468. The zero-order valence-corrected chi connectivity index (χ0v) is 23.0. The lowest BCUT2D eigenvalue weighted by molar-refractivity contribution is -0.123. The lowest BCUT2D eigenvalue weighted by Gasteiger charge is -2.15. The Kier molecular flexibility index (Phi) is 8.42. The summed E-state index contributed by atoms with van der Waals surface area (Å²) in [4.78, 5) is 25.7. The molecule has 0 unspecified atom stereocenters. The van der Waals surface area contributed by atoms with Crippen molar-refractivity contribution in [3.8, 4) is 5.75 Å². The van der Waals surface area contributed by atoms with Crippen molar-refractivity contribution in [2.75, 3.05) is 0 Å². The van der Waals surface area contributed by atoms with Gasteiger partial charge in [0.25, 0.3) is 11.8 Å². The van der Waals surface area contributed by atoms with E-state index >= 15 is 0 Å². The number of hydrazine groups is 1. The van der Waals surface area contributed by atoms with Gasteiger partial charge in [0.2, 0.25) is 0 Å². The second kappa shape index (κ2) is 11.3. The average Bonchev–Trinajstić information content (AvgIpc) is 3.07. The van der Waals surface area contributed by atoms with Gasteiger partial charge in [-0.1, -0.05) is 58.7 Å². The number of thiocarbonyl (C=S) groups is 1. The molecule has 0 bridgehead atoms. The zero-order chi connectivity index (χ0) is 25.1. The summed E-state index contributed by atoms with van der Waals surface area (Å²) in [5, 5.41) is 2.65. The number of ether oxygens (including phenoxy) is 1. The molecule has 3 aromatic rings. The van der Waals surface area contributed by atoms with E-state index in [-0.39, 0.29) is 10.9 Å². The number of rotatable bonds is 6. The van der Waals surface area contributed by atoms with E-state index < -0.39 is 11.8 Å². The lowest BCUT2D eigenvalue weighted by Crippen LogP contribution is -2.44. The van der Waals surface area contributed by atoms with Crippen molar-refractivity contribution >= 4 is 96.9 Å². The topological polar surface area (TPSA) is 58.6 Å². The average molecular weight is 629 g/mol. The third kappa shape index (κ3) is 6.39. The van der Waals surface area contributed by atoms with Crippen LogP contribution in [0.15, 0.2) is 70.0 Å². The van der Waals surface area contributed by atoms with Gasteiger partial charge in [-0.05, 0) is 88.3 Å². The first-order chi connectivity index (χ1) is 16.7. The summed E-state index contributed by atoms with van der Waals surface area (Å²) >= 11 is 27.9. The quantitative estimate of drug-likeness (QED) is 0.226. The van der Waals surface area contributed by atoms with Gasteiger partial charge < -0.3 is 4.74 Å². The molecule has 3 aromatic carbocycles. The summed E-state index contributed by atoms with van der Waals surface area (Å²) in [6.45, 7) is 0.264. The highest BCUT2D eigenvalue weighted by atomic mass is 79.9. The van der Waals surface area contributed by atoms with E-state index in [4.69, 9.17) is 51.8 Å². The van der Waals surface area contributed by atoms with E-state index in [1.807, 2.05) is 12.1 Å². The molecule has 0 aliphatic carbocycles. The molecule has 0 saturated carbocycles. The highest BCUT2D eigenvalue weighted by Gasteiger charge is 2.33. The summed E-state index contributed by atoms with van der Waals surface area (Å²) in [7, 11) is 0. The molecule has 178 valence electrons. The molecule has 35 heavy (non-hydrogen) atoms. The van der Waals surface area contributed by atoms with E-state index in [0.29, 0.717) is 35.8 Å². The monoisotopic (exact) mass is 626 g/mol. The Bertz CT molecular complexity index is 1370. The third-order valence-electron chi connectivity index (χ3n) is 4.77. The van der Waals surface area contributed by atoms with Gasteiger partial charge in [-0.2, -0.15) is 5.01 Å². The molecule has 1 fully saturated rings. The summed E-state index contributed by atoms with van der Waals surface area (Å²) in [5.41, 5.74) is 4.45. The molecule has 1 N–H and O–H groups in total. The van der Waals surface area contributed by atoms with Gasteiger partial charge in [0, 0.05) is 26.2 Å². The molecule has 2 amide bonds. The second-order valence-corrected chi connectivity index (χ2v) is 11.0. The van der Waals surface area contributed by atoms with Gasteiger partial charge in [-0.3, -0.25) is 15.0 Å². The number of halogens is 4. The zero-order valence-electron chi connectivity index (χ0n) is 17.6. The molecule has 0 aromatic heterocycles. The highest BCUT2D eigenvalue weighted by Crippen LogP contribution is 2.34. The predicted molar refractivity (Wildman–Crippen MR) is 149 cm³/mol. The number of carbonyl (C=O) groups is 2. The fraction of sp³-hybridized carbons (Fsp3) is 0.0417. The molecule has 11 heteroatoms. The maximum absolute atomic E-state index is 12.9. The number of amides is 2. The lowest BCUT2D eigenvalue weighted by atomic mass is 10.2. The third-order valence-corrected chi connectivity index (χ3v) is 7.53. The van der Waals surface area contributed by atoms with Gasteiger partial charge in [-0.15, -0.1) is 0 Å². The van der Waals surface area contributed by atoms with E-state index in [0.717, 1.165) is 27.9 Å². The first kappa shape index (κ1) is 26.0. The smallest absolute Gasteiger partial charge is 0.285 e. The van der Waals surface area contributed by atoms with Crippen LogP contribution >= 0.6 is 74.7 Å². The van der Waals surface area contributed by atoms with E-state index in [1.165, 1.54) is 0 Å². The van der Waals surface area contributed by atoms with Crippen molar-refractivity contribution in [1.82, 2.24) is 10.4 Å². The Morgan fingerprint density at radius 1 is 1.06 bits per heavy atom. The molecular weight excluding hydrogens is 615 g/mol. The largest absolute Gasteiger partial charge is 0.488 e. The highest BCUT2D eigenvalue weighted by molar-refractivity contribution is 9.10. The van der Waals surface area contributed by atoms with Gasteiger partial charge >= 0.3 is 0 Å². The van der Waals surface area contributed by atoms with Crippen LogP contribution < -0.4 is 10.2 Å². The molecule has 0 atom stereocenters. The number of nitrogens with one attached hydrogen (secondary N) is 1. The number of thioether (sulfide) groups is 1. The predicted octanol–water partition coefficient (Wildman–Crippen LogP) is 7.53. The molecule has 1 aliphatic heterocycles. The Hall–Kier alpha value is -2.07. The van der Waals surface area contributed by atoms with Crippen LogP contribution in [0.3, 0.4) is 0 Å². The first-order valence-corrected chi connectivity index (χ1v) is 13.1. The van der Waals surface area contributed by atoms with Crippen LogP contribution in [-0.4, -0.2) is 21.1 Å². The molecule has 5 nitrogen and oxygen atoms in total. The minimum absolute atomic E-state index is 0.224. The van der Waals surface area contributed by atoms with E-state index in [1.54, 1.807) is 54.6 Å². The van der Waals surface area contributed by atoms with Crippen LogP contribution in [0.2, 0.25) is 15.1 Å². The van der Waals surface area contributed by atoms with Gasteiger partial charge in [-0.25, -0.2) is 0 Å². The van der Waals surface area contributed by atoms with E-state index in [2.05, 4.69) is 21.4 Å². The maximum Gasteiger partial charge on any atom is 0.285 e. The van der Waals surface area contributed by atoms with Crippen LogP contribution in [-0.2, 0) is 11.4 Å². The summed E-state index contributed by atoms with van der Waals surface area (Å²) in [6, 6.07) is 16.9. The molecule has 1 aliphatic rings. The summed E-state index contributed by atoms with van der Waals surface area (Å²) < 4.78 is 6.79. The van der Waals surface area contributed by atoms with Gasteiger partial charge in [0.05, 0.1) is 9.38 Å². The van der Waals surface area contributed by atoms with E-state index in [9.17, 15) is 9.59 Å². The van der Waals surface area contributed by atoms with Crippen molar-refractivity contribution in [3.63, 3.8) is 0 Å². The van der Waals surface area contributed by atoms with Crippen LogP contribution in [0.5, 0.6) is 5.75 Å². The fourth-order valence-electron chi connectivity index (χ4n) is 3.00.